The van der Waals surface area contributed by atoms with Gasteiger partial charge in [0, 0.05) is 5.92 Å². The summed E-state index contributed by atoms with van der Waals surface area (Å²) in [4.78, 5) is 13.2. The van der Waals surface area contributed by atoms with Crippen LogP contribution in [0, 0.1) is 5.92 Å². The summed E-state index contributed by atoms with van der Waals surface area (Å²) in [5, 5.41) is 6.51. The average Bonchev–Trinajstić information content (AvgIpc) is 3.43. The van der Waals surface area contributed by atoms with E-state index in [9.17, 15) is 4.79 Å². The molecular formula is C25H22N2O2. The van der Waals surface area contributed by atoms with Crippen LogP contribution in [-0.2, 0) is 0 Å². The predicted molar refractivity (Wildman–Crippen MR) is 113 cm³/mol. The van der Waals surface area contributed by atoms with Gasteiger partial charge in [-0.15, -0.1) is 0 Å². The molecule has 0 bridgehead atoms. The molecule has 0 saturated heterocycles. The molecule has 4 nitrogen and oxygen atoms in total. The van der Waals surface area contributed by atoms with Crippen molar-refractivity contribution in [2.24, 2.45) is 11.0 Å². The number of furan rings is 1. The van der Waals surface area contributed by atoms with Gasteiger partial charge < -0.3 is 4.42 Å². The smallest absolute Gasteiger partial charge is 0.310 e. The normalized spacial score (nSPS) is 22.4. The molecular weight excluding hydrogens is 360 g/mol. The van der Waals surface area contributed by atoms with Crippen LogP contribution in [-0.4, -0.2) is 16.6 Å². The molecule has 1 aliphatic heterocycles. The van der Waals surface area contributed by atoms with Crippen molar-refractivity contribution in [3.63, 3.8) is 0 Å². The van der Waals surface area contributed by atoms with Gasteiger partial charge in [-0.05, 0) is 54.2 Å². The van der Waals surface area contributed by atoms with Gasteiger partial charge in [0.25, 0.3) is 0 Å². The van der Waals surface area contributed by atoms with Crippen LogP contribution in [0.3, 0.4) is 0 Å². The number of nitrogens with zero attached hydrogens (tertiary/aromatic N) is 2. The number of hydrogen-bond acceptors (Lipinski definition) is 3. The van der Waals surface area contributed by atoms with Crippen LogP contribution in [0.2, 0.25) is 0 Å². The minimum Gasteiger partial charge on any atom is -0.459 e. The maximum atomic E-state index is 13.2. The number of hydrazone groups is 1. The number of allylic oxidation sites excluding steroid dienone is 1. The number of amides is 1. The highest BCUT2D eigenvalue weighted by molar-refractivity contribution is 6.08. The Morgan fingerprint density at radius 2 is 1.76 bits per heavy atom. The summed E-state index contributed by atoms with van der Waals surface area (Å²) in [5.74, 6) is 0.326. The second-order valence-electron chi connectivity index (χ2n) is 7.55. The molecule has 3 aromatic rings. The van der Waals surface area contributed by atoms with Crippen molar-refractivity contribution >= 4 is 17.7 Å². The molecule has 2 atom stereocenters. The molecule has 0 N–H and O–H groups in total. The zero-order chi connectivity index (χ0) is 19.6. The lowest BCUT2D eigenvalue weighted by Gasteiger charge is -2.29. The fraction of sp³-hybridized carbons (Fsp3) is 0.200. The van der Waals surface area contributed by atoms with E-state index in [2.05, 4.69) is 30.3 Å². The summed E-state index contributed by atoms with van der Waals surface area (Å²) in [6.45, 7) is 0. The van der Waals surface area contributed by atoms with E-state index in [0.717, 1.165) is 36.1 Å². The SMILES string of the molecule is O=C(c1ccco1)N1N=C2/C(=C/c3ccccc3)CCC[C@H]2[C@H]1c1ccccc1. The Labute approximate surface area is 170 Å². The minimum atomic E-state index is -0.190. The molecule has 4 heteroatoms. The minimum absolute atomic E-state index is 0.108. The highest BCUT2D eigenvalue weighted by atomic mass is 16.3. The van der Waals surface area contributed by atoms with Crippen LogP contribution in [0.1, 0.15) is 47.0 Å². The van der Waals surface area contributed by atoms with E-state index >= 15 is 0 Å². The zero-order valence-electron chi connectivity index (χ0n) is 16.1. The van der Waals surface area contributed by atoms with E-state index in [1.54, 1.807) is 17.1 Å². The van der Waals surface area contributed by atoms with Gasteiger partial charge in [0.15, 0.2) is 5.76 Å². The summed E-state index contributed by atoms with van der Waals surface area (Å²) in [7, 11) is 0. The standard InChI is InChI=1S/C25H22N2O2/c28-25(22-15-8-16-29-22)27-24(19-11-5-2-6-12-19)21-14-7-13-20(23(21)26-27)17-18-9-3-1-4-10-18/h1-6,8-12,15-17,21,24H,7,13-14H2/b20-17+/t21-,24-/m1/s1. The Bertz CT molecular complexity index is 1050. The summed E-state index contributed by atoms with van der Waals surface area (Å²) in [6.07, 6.45) is 6.84. The Kier molecular flexibility index (Phi) is 4.60. The predicted octanol–water partition coefficient (Wildman–Crippen LogP) is 5.72. The molecule has 2 aliphatic rings. The molecule has 1 fully saturated rings. The Hall–Kier alpha value is -3.40. The molecule has 1 amide bonds. The lowest BCUT2D eigenvalue weighted by molar-refractivity contribution is 0.0648. The highest BCUT2D eigenvalue weighted by Crippen LogP contribution is 2.44. The number of carbonyl (C=O) groups excluding carboxylic acids is 1. The zero-order valence-corrected chi connectivity index (χ0v) is 16.1. The van der Waals surface area contributed by atoms with Crippen molar-refractivity contribution in [2.45, 2.75) is 25.3 Å². The van der Waals surface area contributed by atoms with E-state index < -0.39 is 0 Å². The summed E-state index contributed by atoms with van der Waals surface area (Å²) in [5.41, 5.74) is 4.53. The van der Waals surface area contributed by atoms with Gasteiger partial charge >= 0.3 is 5.91 Å². The fourth-order valence-electron chi connectivity index (χ4n) is 4.42. The molecule has 144 valence electrons. The number of hydrogen-bond donors (Lipinski definition) is 0. The van der Waals surface area contributed by atoms with Crippen LogP contribution in [0.5, 0.6) is 0 Å². The van der Waals surface area contributed by atoms with Gasteiger partial charge in [-0.25, -0.2) is 5.01 Å². The Morgan fingerprint density at radius 1 is 1.00 bits per heavy atom. The number of benzene rings is 2. The monoisotopic (exact) mass is 382 g/mol. The first-order valence-corrected chi connectivity index (χ1v) is 10.1. The lowest BCUT2D eigenvalue weighted by Crippen LogP contribution is -2.31. The van der Waals surface area contributed by atoms with Crippen LogP contribution in [0.4, 0.5) is 0 Å². The van der Waals surface area contributed by atoms with E-state index in [1.165, 1.54) is 11.8 Å². The second kappa shape index (κ2) is 7.55. The van der Waals surface area contributed by atoms with Crippen LogP contribution < -0.4 is 0 Å². The summed E-state index contributed by atoms with van der Waals surface area (Å²) >= 11 is 0. The van der Waals surface area contributed by atoms with Gasteiger partial charge in [-0.2, -0.15) is 5.10 Å². The van der Waals surface area contributed by atoms with Crippen molar-refractivity contribution in [3.05, 3.63) is 102 Å². The first-order chi connectivity index (χ1) is 14.3. The Morgan fingerprint density at radius 3 is 2.48 bits per heavy atom. The lowest BCUT2D eigenvalue weighted by atomic mass is 9.77. The topological polar surface area (TPSA) is 45.8 Å². The third-order valence-electron chi connectivity index (χ3n) is 5.72. The van der Waals surface area contributed by atoms with Gasteiger partial charge in [0.05, 0.1) is 18.0 Å². The van der Waals surface area contributed by atoms with Crippen molar-refractivity contribution in [2.75, 3.05) is 0 Å². The van der Waals surface area contributed by atoms with Crippen molar-refractivity contribution in [3.8, 4) is 0 Å². The molecule has 0 spiro atoms. The van der Waals surface area contributed by atoms with E-state index in [0.29, 0.717) is 5.76 Å². The van der Waals surface area contributed by atoms with Gasteiger partial charge in [0.2, 0.25) is 0 Å². The van der Waals surface area contributed by atoms with E-state index in [1.807, 2.05) is 36.4 Å². The maximum Gasteiger partial charge on any atom is 0.310 e. The van der Waals surface area contributed by atoms with Gasteiger partial charge in [-0.3, -0.25) is 4.79 Å². The molecule has 2 aromatic carbocycles. The molecule has 0 radical (unpaired) electrons. The molecule has 0 unspecified atom stereocenters. The number of fused-ring (bicyclic) bond motifs is 1. The largest absolute Gasteiger partial charge is 0.459 e. The van der Waals surface area contributed by atoms with E-state index in [4.69, 9.17) is 9.52 Å². The number of rotatable bonds is 3. The van der Waals surface area contributed by atoms with Crippen LogP contribution in [0.25, 0.3) is 6.08 Å². The molecule has 29 heavy (non-hydrogen) atoms. The van der Waals surface area contributed by atoms with Crippen molar-refractivity contribution in [1.82, 2.24) is 5.01 Å². The quantitative estimate of drug-likeness (QED) is 0.582. The maximum absolute atomic E-state index is 13.2. The molecule has 5 rings (SSSR count). The molecule has 1 aliphatic carbocycles. The fourth-order valence-corrected chi connectivity index (χ4v) is 4.42. The molecule has 2 heterocycles. The summed E-state index contributed by atoms with van der Waals surface area (Å²) < 4.78 is 5.39. The first-order valence-electron chi connectivity index (χ1n) is 10.1. The van der Waals surface area contributed by atoms with Gasteiger partial charge in [0.1, 0.15) is 0 Å². The third-order valence-corrected chi connectivity index (χ3v) is 5.72. The molecule has 1 saturated carbocycles. The first kappa shape index (κ1) is 17.7. The van der Waals surface area contributed by atoms with Crippen molar-refractivity contribution < 1.29 is 9.21 Å². The molecule has 1 aromatic heterocycles. The van der Waals surface area contributed by atoms with E-state index in [-0.39, 0.29) is 17.9 Å². The highest BCUT2D eigenvalue weighted by Gasteiger charge is 2.44. The Balaban J connectivity index is 1.58. The van der Waals surface area contributed by atoms with Gasteiger partial charge in [-0.1, -0.05) is 60.7 Å². The van der Waals surface area contributed by atoms with Crippen LogP contribution in [0.15, 0.2) is 94.2 Å². The third kappa shape index (κ3) is 3.31. The summed E-state index contributed by atoms with van der Waals surface area (Å²) in [6, 6.07) is 23.9. The number of carbonyl (C=O) groups is 1. The second-order valence-corrected chi connectivity index (χ2v) is 7.55. The average molecular weight is 382 g/mol. The van der Waals surface area contributed by atoms with Crippen LogP contribution >= 0.6 is 0 Å². The van der Waals surface area contributed by atoms with Crippen molar-refractivity contribution in [1.29, 1.82) is 0 Å².